The number of nitrogens with one attached hydrogen (secondary N) is 1. The number of fused-ring (bicyclic) bond motifs is 3. The van der Waals surface area contributed by atoms with Crippen LogP contribution in [0.25, 0.3) is 11.1 Å². The van der Waals surface area contributed by atoms with Crippen molar-refractivity contribution in [2.24, 2.45) is 0 Å². The van der Waals surface area contributed by atoms with Crippen molar-refractivity contribution in [3.05, 3.63) is 87.9 Å². The maximum Gasteiger partial charge on any atom is 0.408 e. The first-order chi connectivity index (χ1) is 14.5. The minimum absolute atomic E-state index is 0.0211. The molecule has 152 valence electrons. The number of hydrogen-bond acceptors (Lipinski definition) is 4. The minimum atomic E-state index is -1.62. The van der Waals surface area contributed by atoms with Crippen LogP contribution in [0, 0.1) is 5.95 Å². The maximum absolute atomic E-state index is 14.1. The number of aliphatic carboxylic acids is 1. The number of carboxylic acids is 1. The van der Waals surface area contributed by atoms with Gasteiger partial charge in [0.2, 0.25) is 5.95 Å². The summed E-state index contributed by atoms with van der Waals surface area (Å²) in [6, 6.07) is 16.7. The Morgan fingerprint density at radius 3 is 2.23 bits per heavy atom. The van der Waals surface area contributed by atoms with Gasteiger partial charge in [0.25, 0.3) is 0 Å². The highest BCUT2D eigenvalue weighted by Gasteiger charge is 2.30. The molecule has 1 unspecified atom stereocenters. The number of rotatable bonds is 5. The van der Waals surface area contributed by atoms with Crippen molar-refractivity contribution in [1.82, 2.24) is 10.3 Å². The second-order valence-corrected chi connectivity index (χ2v) is 7.57. The molecule has 0 fully saturated rings. The number of benzene rings is 2. The molecule has 1 atom stereocenters. The topological polar surface area (TPSA) is 88.5 Å². The molecule has 4 rings (SSSR count). The molecule has 0 bridgehead atoms. The van der Waals surface area contributed by atoms with E-state index in [1.165, 1.54) is 12.1 Å². The standard InChI is InChI=1S/C22H16BrFN2O4/c23-18-10-9-16(20(24)25-18)19(21(27)28)26-22(29)30-11-17-14-7-3-1-5-12(14)13-6-2-4-8-15(13)17/h1-10,17,19H,11H2,(H,26,29)(H,27,28). The average molecular weight is 471 g/mol. The summed E-state index contributed by atoms with van der Waals surface area (Å²) < 4.78 is 19.6. The normalized spacial score (nSPS) is 13.3. The summed E-state index contributed by atoms with van der Waals surface area (Å²) in [6.07, 6.45) is -0.952. The highest BCUT2D eigenvalue weighted by molar-refractivity contribution is 9.10. The number of ether oxygens (including phenoxy) is 1. The molecule has 1 aliphatic carbocycles. The lowest BCUT2D eigenvalue weighted by atomic mass is 9.98. The number of carbonyl (C=O) groups excluding carboxylic acids is 1. The molecule has 0 spiro atoms. The Labute approximate surface area is 179 Å². The van der Waals surface area contributed by atoms with E-state index in [9.17, 15) is 19.1 Å². The molecular weight excluding hydrogens is 455 g/mol. The van der Waals surface area contributed by atoms with Crippen LogP contribution in [0.5, 0.6) is 0 Å². The molecule has 0 aliphatic heterocycles. The number of alkyl carbamates (subject to hydrolysis) is 1. The Morgan fingerprint density at radius 2 is 1.67 bits per heavy atom. The van der Waals surface area contributed by atoms with Crippen LogP contribution >= 0.6 is 15.9 Å². The van der Waals surface area contributed by atoms with Gasteiger partial charge in [0.05, 0.1) is 0 Å². The number of aromatic nitrogens is 1. The zero-order valence-corrected chi connectivity index (χ0v) is 17.1. The van der Waals surface area contributed by atoms with E-state index in [4.69, 9.17) is 4.74 Å². The minimum Gasteiger partial charge on any atom is -0.479 e. The van der Waals surface area contributed by atoms with E-state index in [0.29, 0.717) is 0 Å². The van der Waals surface area contributed by atoms with E-state index >= 15 is 0 Å². The Kier molecular flexibility index (Phi) is 5.50. The predicted octanol–water partition coefficient (Wildman–Crippen LogP) is 4.65. The van der Waals surface area contributed by atoms with E-state index in [2.05, 4.69) is 26.2 Å². The zero-order chi connectivity index (χ0) is 21.3. The Bertz CT molecular complexity index is 1090. The SMILES string of the molecule is O=C(NC(C(=O)O)c1ccc(Br)nc1F)OCC1c2ccccc2-c2ccccc21. The van der Waals surface area contributed by atoms with Gasteiger partial charge >= 0.3 is 12.1 Å². The van der Waals surface area contributed by atoms with Gasteiger partial charge < -0.3 is 15.2 Å². The van der Waals surface area contributed by atoms with Gasteiger partial charge in [-0.15, -0.1) is 0 Å². The van der Waals surface area contributed by atoms with Gasteiger partial charge in [0, 0.05) is 11.5 Å². The summed E-state index contributed by atoms with van der Waals surface area (Å²) in [7, 11) is 0. The molecule has 1 heterocycles. The van der Waals surface area contributed by atoms with Crippen LogP contribution in [-0.4, -0.2) is 28.8 Å². The monoisotopic (exact) mass is 470 g/mol. The van der Waals surface area contributed by atoms with Crippen LogP contribution in [0.2, 0.25) is 0 Å². The quantitative estimate of drug-likeness (QED) is 0.529. The highest BCUT2D eigenvalue weighted by atomic mass is 79.9. The van der Waals surface area contributed by atoms with Crippen LogP contribution in [0.3, 0.4) is 0 Å². The van der Waals surface area contributed by atoms with Crippen LogP contribution in [0.4, 0.5) is 9.18 Å². The Balaban J connectivity index is 1.50. The predicted molar refractivity (Wildman–Crippen MR) is 110 cm³/mol. The third kappa shape index (κ3) is 3.78. The van der Waals surface area contributed by atoms with Gasteiger partial charge in [0.1, 0.15) is 11.2 Å². The van der Waals surface area contributed by atoms with Crippen LogP contribution in [0.15, 0.2) is 65.3 Å². The average Bonchev–Trinajstić information content (AvgIpc) is 3.05. The number of carbonyl (C=O) groups is 2. The van der Waals surface area contributed by atoms with E-state index in [1.54, 1.807) is 0 Å². The molecule has 3 aromatic rings. The number of halogens is 2. The number of carboxylic acid groups (broad SMARTS) is 1. The smallest absolute Gasteiger partial charge is 0.408 e. The van der Waals surface area contributed by atoms with Gasteiger partial charge in [-0.2, -0.15) is 4.39 Å². The van der Waals surface area contributed by atoms with Gasteiger partial charge in [-0.1, -0.05) is 48.5 Å². The van der Waals surface area contributed by atoms with E-state index in [-0.39, 0.29) is 22.7 Å². The van der Waals surface area contributed by atoms with Crippen LogP contribution in [0.1, 0.15) is 28.7 Å². The Morgan fingerprint density at radius 1 is 1.07 bits per heavy atom. The zero-order valence-electron chi connectivity index (χ0n) is 15.5. The molecule has 0 saturated heterocycles. The number of amides is 1. The van der Waals surface area contributed by atoms with E-state index < -0.39 is 24.1 Å². The maximum atomic E-state index is 14.1. The fourth-order valence-corrected chi connectivity index (χ4v) is 3.96. The fourth-order valence-electron chi connectivity index (χ4n) is 3.67. The second-order valence-electron chi connectivity index (χ2n) is 6.76. The molecule has 0 radical (unpaired) electrons. The van der Waals surface area contributed by atoms with E-state index in [0.717, 1.165) is 22.3 Å². The first-order valence-electron chi connectivity index (χ1n) is 9.12. The van der Waals surface area contributed by atoms with Crippen molar-refractivity contribution in [2.45, 2.75) is 12.0 Å². The summed E-state index contributed by atoms with van der Waals surface area (Å²) in [5.41, 5.74) is 3.95. The summed E-state index contributed by atoms with van der Waals surface area (Å²) in [4.78, 5) is 27.5. The van der Waals surface area contributed by atoms with Crippen molar-refractivity contribution >= 4 is 28.0 Å². The Hall–Kier alpha value is -3.26. The van der Waals surface area contributed by atoms with Crippen LogP contribution < -0.4 is 5.32 Å². The van der Waals surface area contributed by atoms with Crippen molar-refractivity contribution in [3.8, 4) is 11.1 Å². The molecule has 6 nitrogen and oxygen atoms in total. The summed E-state index contributed by atoms with van der Waals surface area (Å²) in [5, 5.41) is 11.6. The molecular formula is C22H16BrFN2O4. The van der Waals surface area contributed by atoms with Crippen molar-refractivity contribution in [3.63, 3.8) is 0 Å². The summed E-state index contributed by atoms with van der Waals surface area (Å²) in [5.74, 6) is -2.58. The molecule has 2 aromatic carbocycles. The van der Waals surface area contributed by atoms with Crippen molar-refractivity contribution in [2.75, 3.05) is 6.61 Å². The third-order valence-corrected chi connectivity index (χ3v) is 5.45. The molecule has 1 amide bonds. The lowest BCUT2D eigenvalue weighted by Crippen LogP contribution is -2.35. The molecule has 0 saturated carbocycles. The summed E-state index contributed by atoms with van der Waals surface area (Å²) in [6.45, 7) is 0.0211. The number of hydrogen-bond donors (Lipinski definition) is 2. The van der Waals surface area contributed by atoms with Crippen molar-refractivity contribution in [1.29, 1.82) is 0 Å². The second kappa shape index (κ2) is 8.23. The first kappa shape index (κ1) is 20.0. The van der Waals surface area contributed by atoms with Crippen molar-refractivity contribution < 1.29 is 23.8 Å². The van der Waals surface area contributed by atoms with Gasteiger partial charge in [-0.3, -0.25) is 0 Å². The third-order valence-electron chi connectivity index (χ3n) is 5.01. The number of pyridine rings is 1. The largest absolute Gasteiger partial charge is 0.479 e. The lowest BCUT2D eigenvalue weighted by Gasteiger charge is -2.18. The molecule has 1 aliphatic rings. The number of nitrogens with zero attached hydrogens (tertiary/aromatic N) is 1. The molecule has 30 heavy (non-hydrogen) atoms. The summed E-state index contributed by atoms with van der Waals surface area (Å²) >= 11 is 3.01. The first-order valence-corrected chi connectivity index (χ1v) is 9.91. The highest BCUT2D eigenvalue weighted by Crippen LogP contribution is 2.44. The molecule has 1 aromatic heterocycles. The fraction of sp³-hybridized carbons (Fsp3) is 0.136. The molecule has 2 N–H and O–H groups in total. The van der Waals surface area contributed by atoms with Gasteiger partial charge in [0.15, 0.2) is 6.04 Å². The van der Waals surface area contributed by atoms with E-state index in [1.807, 2.05) is 48.5 Å². The molecule has 8 heteroatoms. The van der Waals surface area contributed by atoms with Gasteiger partial charge in [-0.25, -0.2) is 14.6 Å². The van der Waals surface area contributed by atoms with Gasteiger partial charge in [-0.05, 0) is 50.3 Å². The lowest BCUT2D eigenvalue weighted by molar-refractivity contribution is -0.139. The van der Waals surface area contributed by atoms with Crippen LogP contribution in [-0.2, 0) is 9.53 Å².